The highest BCUT2D eigenvalue weighted by atomic mass is 35.5. The van der Waals surface area contributed by atoms with Gasteiger partial charge < -0.3 is 15.0 Å². The number of likely N-dealkylation sites (tertiary alicyclic amines) is 1. The molecule has 2 amide bonds. The van der Waals surface area contributed by atoms with E-state index in [9.17, 15) is 9.59 Å². The van der Waals surface area contributed by atoms with Crippen molar-refractivity contribution in [3.05, 3.63) is 64.7 Å². The van der Waals surface area contributed by atoms with Crippen LogP contribution in [0.3, 0.4) is 0 Å². The monoisotopic (exact) mass is 400 g/mol. The summed E-state index contributed by atoms with van der Waals surface area (Å²) >= 11 is 5.86. The van der Waals surface area contributed by atoms with E-state index in [1.807, 2.05) is 36.1 Å². The van der Waals surface area contributed by atoms with E-state index in [-0.39, 0.29) is 17.9 Å². The molecule has 2 aromatic carbocycles. The fourth-order valence-corrected chi connectivity index (χ4v) is 3.43. The number of amides is 2. The second-order valence-corrected chi connectivity index (χ2v) is 7.54. The lowest BCUT2D eigenvalue weighted by Gasteiger charge is -2.33. The second-order valence-electron chi connectivity index (χ2n) is 7.10. The van der Waals surface area contributed by atoms with Crippen LogP contribution >= 0.6 is 11.6 Å². The molecular formula is C22H25ClN2O3. The van der Waals surface area contributed by atoms with Crippen LogP contribution in [0.2, 0.25) is 5.02 Å². The van der Waals surface area contributed by atoms with E-state index in [0.29, 0.717) is 23.9 Å². The number of hydrogen-bond acceptors (Lipinski definition) is 3. The third-order valence-corrected chi connectivity index (χ3v) is 5.25. The fourth-order valence-electron chi connectivity index (χ4n) is 3.30. The maximum atomic E-state index is 12.7. The molecule has 1 aliphatic heterocycles. The van der Waals surface area contributed by atoms with Crippen LogP contribution in [-0.4, -0.2) is 41.9 Å². The highest BCUT2D eigenvalue weighted by Crippen LogP contribution is 2.18. The predicted octanol–water partition coefficient (Wildman–Crippen LogP) is 3.84. The quantitative estimate of drug-likeness (QED) is 0.829. The van der Waals surface area contributed by atoms with E-state index in [2.05, 4.69) is 5.32 Å². The molecule has 6 heteroatoms. The van der Waals surface area contributed by atoms with Gasteiger partial charge in [0.2, 0.25) is 0 Å². The molecule has 148 valence electrons. The number of rotatable bonds is 5. The summed E-state index contributed by atoms with van der Waals surface area (Å²) in [5, 5.41) is 3.65. The molecule has 1 unspecified atom stereocenters. The summed E-state index contributed by atoms with van der Waals surface area (Å²) in [6.45, 7) is 4.93. The Morgan fingerprint density at radius 2 is 1.75 bits per heavy atom. The van der Waals surface area contributed by atoms with E-state index in [1.165, 1.54) is 0 Å². The van der Waals surface area contributed by atoms with Crippen molar-refractivity contribution in [3.8, 4) is 5.75 Å². The Labute approximate surface area is 170 Å². The van der Waals surface area contributed by atoms with Gasteiger partial charge in [0, 0.05) is 29.7 Å². The number of nitrogens with zero attached hydrogens (tertiary/aromatic N) is 1. The molecule has 1 atom stereocenters. The maximum Gasteiger partial charge on any atom is 0.260 e. The first kappa shape index (κ1) is 20.2. The number of nitrogens with one attached hydrogen (secondary N) is 1. The lowest BCUT2D eigenvalue weighted by atomic mass is 10.0. The average molecular weight is 401 g/mol. The van der Waals surface area contributed by atoms with E-state index >= 15 is 0 Å². The number of halogens is 1. The summed E-state index contributed by atoms with van der Waals surface area (Å²) in [5.41, 5.74) is 1.73. The van der Waals surface area contributed by atoms with E-state index in [0.717, 1.165) is 24.0 Å². The third kappa shape index (κ3) is 5.04. The van der Waals surface area contributed by atoms with Gasteiger partial charge in [0.25, 0.3) is 11.8 Å². The van der Waals surface area contributed by atoms with Crippen LogP contribution in [0.5, 0.6) is 5.75 Å². The second kappa shape index (κ2) is 9.11. The Bertz CT molecular complexity index is 830. The van der Waals surface area contributed by atoms with Crippen molar-refractivity contribution in [2.75, 3.05) is 13.1 Å². The zero-order chi connectivity index (χ0) is 20.1. The molecule has 0 radical (unpaired) electrons. The first-order valence-corrected chi connectivity index (χ1v) is 9.89. The highest BCUT2D eigenvalue weighted by molar-refractivity contribution is 6.30. The molecule has 2 aromatic rings. The molecule has 1 aliphatic rings. The van der Waals surface area contributed by atoms with Crippen molar-refractivity contribution in [1.29, 1.82) is 0 Å². The SMILES string of the molecule is Cc1ccccc1C(=O)N1CCC(NC(=O)C(C)Oc2ccc(Cl)cc2)CC1. The standard InChI is InChI=1S/C22H25ClN2O3/c1-15-5-3-4-6-20(15)22(27)25-13-11-18(12-14-25)24-21(26)16(2)28-19-9-7-17(23)8-10-19/h3-10,16,18H,11-14H2,1-2H3,(H,24,26). The zero-order valence-electron chi connectivity index (χ0n) is 16.2. The minimum absolute atomic E-state index is 0.0460. The Hall–Kier alpha value is -2.53. The minimum Gasteiger partial charge on any atom is -0.481 e. The fraction of sp³-hybridized carbons (Fsp3) is 0.364. The van der Waals surface area contributed by atoms with Gasteiger partial charge in [0.15, 0.2) is 6.10 Å². The first-order chi connectivity index (χ1) is 13.4. The molecule has 28 heavy (non-hydrogen) atoms. The van der Waals surface area contributed by atoms with Gasteiger partial charge in [-0.1, -0.05) is 29.8 Å². The summed E-state index contributed by atoms with van der Waals surface area (Å²) in [4.78, 5) is 27.0. The summed E-state index contributed by atoms with van der Waals surface area (Å²) < 4.78 is 5.67. The largest absolute Gasteiger partial charge is 0.481 e. The molecule has 1 N–H and O–H groups in total. The Balaban J connectivity index is 1.48. The van der Waals surface area contributed by atoms with E-state index < -0.39 is 6.10 Å². The molecule has 0 spiro atoms. The molecular weight excluding hydrogens is 376 g/mol. The Morgan fingerprint density at radius 1 is 1.11 bits per heavy atom. The van der Waals surface area contributed by atoms with E-state index in [1.54, 1.807) is 31.2 Å². The van der Waals surface area contributed by atoms with Gasteiger partial charge >= 0.3 is 0 Å². The normalized spacial score (nSPS) is 15.8. The smallest absolute Gasteiger partial charge is 0.260 e. The van der Waals surface area contributed by atoms with Crippen molar-refractivity contribution in [3.63, 3.8) is 0 Å². The topological polar surface area (TPSA) is 58.6 Å². The number of benzene rings is 2. The lowest BCUT2D eigenvalue weighted by molar-refractivity contribution is -0.128. The number of carbonyl (C=O) groups excluding carboxylic acids is 2. The molecule has 0 aliphatic carbocycles. The van der Waals surface area contributed by atoms with Crippen LogP contribution in [0.1, 0.15) is 35.7 Å². The van der Waals surface area contributed by atoms with Crippen molar-refractivity contribution in [2.45, 2.75) is 38.8 Å². The summed E-state index contributed by atoms with van der Waals surface area (Å²) in [6.07, 6.45) is 0.862. The molecule has 0 aromatic heterocycles. The molecule has 0 bridgehead atoms. The summed E-state index contributed by atoms with van der Waals surface area (Å²) in [7, 11) is 0. The lowest BCUT2D eigenvalue weighted by Crippen LogP contribution is -2.49. The van der Waals surface area contributed by atoms with Gasteiger partial charge in [-0.05, 0) is 62.6 Å². The van der Waals surface area contributed by atoms with Crippen molar-refractivity contribution < 1.29 is 14.3 Å². The van der Waals surface area contributed by atoms with Crippen LogP contribution in [0.15, 0.2) is 48.5 Å². The number of hydrogen-bond donors (Lipinski definition) is 1. The zero-order valence-corrected chi connectivity index (χ0v) is 16.9. The van der Waals surface area contributed by atoms with Crippen molar-refractivity contribution in [1.82, 2.24) is 10.2 Å². The molecule has 0 saturated carbocycles. The van der Waals surface area contributed by atoms with Gasteiger partial charge in [0.1, 0.15) is 5.75 Å². The number of ether oxygens (including phenoxy) is 1. The van der Waals surface area contributed by atoms with Crippen LogP contribution in [0.4, 0.5) is 0 Å². The van der Waals surface area contributed by atoms with Crippen LogP contribution in [0.25, 0.3) is 0 Å². The van der Waals surface area contributed by atoms with Gasteiger partial charge in [-0.25, -0.2) is 0 Å². The molecule has 1 heterocycles. The minimum atomic E-state index is -0.604. The van der Waals surface area contributed by atoms with Crippen LogP contribution in [0, 0.1) is 6.92 Å². The molecule has 5 nitrogen and oxygen atoms in total. The summed E-state index contributed by atoms with van der Waals surface area (Å²) in [5.74, 6) is 0.506. The summed E-state index contributed by atoms with van der Waals surface area (Å²) in [6, 6.07) is 14.6. The number of aryl methyl sites for hydroxylation is 1. The average Bonchev–Trinajstić information content (AvgIpc) is 2.70. The third-order valence-electron chi connectivity index (χ3n) is 5.00. The predicted molar refractivity (Wildman–Crippen MR) is 110 cm³/mol. The highest BCUT2D eigenvalue weighted by Gasteiger charge is 2.26. The molecule has 1 saturated heterocycles. The first-order valence-electron chi connectivity index (χ1n) is 9.51. The molecule has 3 rings (SSSR count). The maximum absolute atomic E-state index is 12.7. The van der Waals surface area contributed by atoms with Crippen molar-refractivity contribution in [2.24, 2.45) is 0 Å². The molecule has 1 fully saturated rings. The number of carbonyl (C=O) groups is 2. The van der Waals surface area contributed by atoms with Crippen molar-refractivity contribution >= 4 is 23.4 Å². The van der Waals surface area contributed by atoms with Gasteiger partial charge in [-0.2, -0.15) is 0 Å². The van der Waals surface area contributed by atoms with Crippen LogP contribution in [-0.2, 0) is 4.79 Å². The van der Waals surface area contributed by atoms with E-state index in [4.69, 9.17) is 16.3 Å². The Morgan fingerprint density at radius 3 is 2.39 bits per heavy atom. The van der Waals surface area contributed by atoms with Crippen LogP contribution < -0.4 is 10.1 Å². The number of piperidine rings is 1. The van der Waals surface area contributed by atoms with Gasteiger partial charge in [-0.15, -0.1) is 0 Å². The van der Waals surface area contributed by atoms with Gasteiger partial charge in [-0.3, -0.25) is 9.59 Å². The van der Waals surface area contributed by atoms with Gasteiger partial charge in [0.05, 0.1) is 0 Å². The Kier molecular flexibility index (Phi) is 6.57.